The smallest absolute Gasteiger partial charge is 0.388 e. The van der Waals surface area contributed by atoms with Gasteiger partial charge in [0.2, 0.25) is 0 Å². The van der Waals surface area contributed by atoms with Gasteiger partial charge in [-0.05, 0) is 18.6 Å². The van der Waals surface area contributed by atoms with Gasteiger partial charge >= 0.3 is 6.18 Å². The number of rotatable bonds is 3. The lowest BCUT2D eigenvalue weighted by Crippen LogP contribution is -2.13. The van der Waals surface area contributed by atoms with Crippen LogP contribution in [0.25, 0.3) is 0 Å². The second-order valence-electron chi connectivity index (χ2n) is 4.78. The number of nitrogens with zero attached hydrogens (tertiary/aromatic N) is 2. The quantitative estimate of drug-likeness (QED) is 0.937. The molecule has 0 radical (unpaired) electrons. The van der Waals surface area contributed by atoms with Crippen molar-refractivity contribution in [2.45, 2.75) is 25.6 Å². The largest absolute Gasteiger partial charge is 0.416 e. The van der Waals surface area contributed by atoms with Gasteiger partial charge in [0.15, 0.2) is 0 Å². The van der Waals surface area contributed by atoms with E-state index in [9.17, 15) is 18.3 Å². The lowest BCUT2D eigenvalue weighted by atomic mass is 9.97. The number of halogens is 4. The summed E-state index contributed by atoms with van der Waals surface area (Å²) in [5.74, 6) is 0. The van der Waals surface area contributed by atoms with Gasteiger partial charge in [-0.2, -0.15) is 18.3 Å². The summed E-state index contributed by atoms with van der Waals surface area (Å²) in [6.07, 6.45) is -5.83. The molecule has 1 N–H and O–H groups in total. The summed E-state index contributed by atoms with van der Waals surface area (Å²) in [5.41, 5.74) is 0.133. The Morgan fingerprint density at radius 2 is 1.95 bits per heavy atom. The first-order valence-electron chi connectivity index (χ1n) is 6.24. The highest BCUT2D eigenvalue weighted by Gasteiger charge is 2.34. The Kier molecular flexibility index (Phi) is 4.30. The van der Waals surface area contributed by atoms with Gasteiger partial charge in [-0.25, -0.2) is 0 Å². The van der Waals surface area contributed by atoms with Crippen molar-refractivity contribution in [3.05, 3.63) is 51.8 Å². The predicted molar refractivity (Wildman–Crippen MR) is 73.1 cm³/mol. The SMILES string of the molecule is Cc1nn(C)c(Cl)c1CC(O)c1ccccc1C(F)(F)F. The second kappa shape index (κ2) is 5.69. The molecule has 1 heterocycles. The Morgan fingerprint density at radius 3 is 2.48 bits per heavy atom. The van der Waals surface area contributed by atoms with Crippen molar-refractivity contribution in [1.29, 1.82) is 0 Å². The Morgan fingerprint density at radius 1 is 1.33 bits per heavy atom. The molecule has 1 unspecified atom stereocenters. The summed E-state index contributed by atoms with van der Waals surface area (Å²) in [5, 5.41) is 14.6. The molecule has 7 heteroatoms. The molecule has 0 saturated carbocycles. The fourth-order valence-electron chi connectivity index (χ4n) is 2.25. The van der Waals surface area contributed by atoms with Crippen molar-refractivity contribution in [2.75, 3.05) is 0 Å². The number of aryl methyl sites for hydroxylation is 2. The zero-order chi connectivity index (χ0) is 15.8. The minimum Gasteiger partial charge on any atom is -0.388 e. The van der Waals surface area contributed by atoms with E-state index in [1.165, 1.54) is 22.9 Å². The predicted octanol–water partition coefficient (Wildman–Crippen LogP) is 3.68. The Labute approximate surface area is 125 Å². The van der Waals surface area contributed by atoms with E-state index in [4.69, 9.17) is 11.6 Å². The summed E-state index contributed by atoms with van der Waals surface area (Å²) < 4.78 is 40.3. The van der Waals surface area contributed by atoms with E-state index in [2.05, 4.69) is 5.10 Å². The van der Waals surface area contributed by atoms with Crippen LogP contribution >= 0.6 is 11.6 Å². The first-order valence-corrected chi connectivity index (χ1v) is 6.61. The molecule has 0 saturated heterocycles. The average molecular weight is 319 g/mol. The zero-order valence-electron chi connectivity index (χ0n) is 11.4. The number of benzene rings is 1. The van der Waals surface area contributed by atoms with Gasteiger partial charge in [0.25, 0.3) is 0 Å². The van der Waals surface area contributed by atoms with Crippen LogP contribution in [-0.4, -0.2) is 14.9 Å². The molecule has 0 aliphatic rings. The van der Waals surface area contributed by atoms with E-state index >= 15 is 0 Å². The van der Waals surface area contributed by atoms with E-state index in [-0.39, 0.29) is 12.0 Å². The molecule has 1 atom stereocenters. The number of aliphatic hydroxyl groups excluding tert-OH is 1. The standard InChI is InChI=1S/C14H14ClF3N2O/c1-8-10(13(15)20(2)19-8)7-12(21)9-5-3-4-6-11(9)14(16,17)18/h3-6,12,21H,7H2,1-2H3. The normalized spacial score (nSPS) is 13.5. The van der Waals surface area contributed by atoms with Gasteiger partial charge in [0, 0.05) is 19.0 Å². The number of aliphatic hydroxyl groups is 1. The van der Waals surface area contributed by atoms with Gasteiger partial charge in [-0.15, -0.1) is 0 Å². The number of aromatic nitrogens is 2. The fourth-order valence-corrected chi connectivity index (χ4v) is 2.51. The number of hydrogen-bond donors (Lipinski definition) is 1. The number of hydrogen-bond acceptors (Lipinski definition) is 2. The molecule has 1 aromatic carbocycles. The van der Waals surface area contributed by atoms with Crippen LogP contribution in [0.4, 0.5) is 13.2 Å². The molecule has 0 amide bonds. The minimum absolute atomic E-state index is 0.0222. The third-order valence-corrected chi connectivity index (χ3v) is 3.77. The van der Waals surface area contributed by atoms with Crippen LogP contribution in [0.2, 0.25) is 5.15 Å². The molecule has 2 rings (SSSR count). The molecular formula is C14H14ClF3N2O. The first kappa shape index (κ1) is 15.9. The van der Waals surface area contributed by atoms with E-state index in [0.717, 1.165) is 6.07 Å². The maximum Gasteiger partial charge on any atom is 0.416 e. The molecule has 1 aromatic heterocycles. The monoisotopic (exact) mass is 318 g/mol. The van der Waals surface area contributed by atoms with Crippen molar-refractivity contribution < 1.29 is 18.3 Å². The highest BCUT2D eigenvalue weighted by molar-refractivity contribution is 6.30. The highest BCUT2D eigenvalue weighted by atomic mass is 35.5. The van der Waals surface area contributed by atoms with Crippen LogP contribution in [-0.2, 0) is 19.6 Å². The Hall–Kier alpha value is -1.53. The van der Waals surface area contributed by atoms with Crippen LogP contribution in [0, 0.1) is 6.92 Å². The summed E-state index contributed by atoms with van der Waals surface area (Å²) in [6.45, 7) is 1.70. The maximum atomic E-state index is 13.0. The van der Waals surface area contributed by atoms with Crippen LogP contribution in [0.5, 0.6) is 0 Å². The van der Waals surface area contributed by atoms with Crippen molar-refractivity contribution in [3.8, 4) is 0 Å². The summed E-state index contributed by atoms with van der Waals surface area (Å²) in [4.78, 5) is 0. The van der Waals surface area contributed by atoms with E-state index in [0.29, 0.717) is 16.4 Å². The van der Waals surface area contributed by atoms with Crippen molar-refractivity contribution >= 4 is 11.6 Å². The van der Waals surface area contributed by atoms with Gasteiger partial charge in [0.1, 0.15) is 5.15 Å². The summed E-state index contributed by atoms with van der Waals surface area (Å²) in [7, 11) is 1.63. The van der Waals surface area contributed by atoms with Crippen LogP contribution in [0.3, 0.4) is 0 Å². The van der Waals surface area contributed by atoms with Gasteiger partial charge < -0.3 is 5.11 Å². The van der Waals surface area contributed by atoms with Crippen LogP contribution in [0.15, 0.2) is 24.3 Å². The maximum absolute atomic E-state index is 13.0. The van der Waals surface area contributed by atoms with Crippen molar-refractivity contribution in [3.63, 3.8) is 0 Å². The molecule has 114 valence electrons. The fraction of sp³-hybridized carbons (Fsp3) is 0.357. The molecule has 0 aliphatic heterocycles. The molecule has 3 nitrogen and oxygen atoms in total. The Bertz CT molecular complexity index is 652. The lowest BCUT2D eigenvalue weighted by molar-refractivity contribution is -0.139. The topological polar surface area (TPSA) is 38.0 Å². The molecule has 0 spiro atoms. The van der Waals surface area contributed by atoms with E-state index in [1.807, 2.05) is 0 Å². The van der Waals surface area contributed by atoms with Crippen LogP contribution in [0.1, 0.15) is 28.5 Å². The third kappa shape index (κ3) is 3.22. The number of alkyl halides is 3. The highest BCUT2D eigenvalue weighted by Crippen LogP contribution is 2.36. The first-order chi connectivity index (χ1) is 9.71. The van der Waals surface area contributed by atoms with E-state index < -0.39 is 17.8 Å². The van der Waals surface area contributed by atoms with Crippen molar-refractivity contribution in [1.82, 2.24) is 9.78 Å². The molecule has 21 heavy (non-hydrogen) atoms. The summed E-state index contributed by atoms with van der Waals surface area (Å²) in [6, 6.07) is 4.98. The van der Waals surface area contributed by atoms with Crippen LogP contribution < -0.4 is 0 Å². The van der Waals surface area contributed by atoms with Gasteiger partial charge in [-0.1, -0.05) is 29.8 Å². The molecule has 2 aromatic rings. The average Bonchev–Trinajstić information content (AvgIpc) is 2.64. The summed E-state index contributed by atoms with van der Waals surface area (Å²) >= 11 is 6.04. The minimum atomic E-state index is -4.51. The molecular weight excluding hydrogens is 305 g/mol. The van der Waals surface area contributed by atoms with Gasteiger partial charge in [-0.3, -0.25) is 4.68 Å². The van der Waals surface area contributed by atoms with Crippen molar-refractivity contribution in [2.24, 2.45) is 7.05 Å². The van der Waals surface area contributed by atoms with Gasteiger partial charge in [0.05, 0.1) is 17.4 Å². The molecule has 0 fully saturated rings. The lowest BCUT2D eigenvalue weighted by Gasteiger charge is -2.17. The third-order valence-electron chi connectivity index (χ3n) is 3.29. The zero-order valence-corrected chi connectivity index (χ0v) is 12.2. The van der Waals surface area contributed by atoms with E-state index in [1.54, 1.807) is 14.0 Å². The molecule has 0 bridgehead atoms. The Balaban J connectivity index is 2.35. The molecule has 0 aliphatic carbocycles. The second-order valence-corrected chi connectivity index (χ2v) is 5.14.